The van der Waals surface area contributed by atoms with E-state index in [2.05, 4.69) is 4.98 Å². The van der Waals surface area contributed by atoms with Gasteiger partial charge in [0.05, 0.1) is 19.3 Å². The van der Waals surface area contributed by atoms with Gasteiger partial charge in [0.15, 0.2) is 11.6 Å². The zero-order chi connectivity index (χ0) is 11.9. The van der Waals surface area contributed by atoms with E-state index < -0.39 is 17.2 Å². The van der Waals surface area contributed by atoms with Crippen molar-refractivity contribution in [1.82, 2.24) is 4.98 Å². The van der Waals surface area contributed by atoms with E-state index in [0.717, 1.165) is 12.3 Å². The molecule has 0 aromatic carbocycles. The molecule has 0 unspecified atom stereocenters. The Kier molecular flexibility index (Phi) is 2.58. The first-order chi connectivity index (χ1) is 7.42. The molecule has 2 heterocycles. The number of rotatable bonds is 2. The lowest BCUT2D eigenvalue weighted by atomic mass is 9.83. The molecule has 16 heavy (non-hydrogen) atoms. The largest absolute Gasteiger partial charge is 0.386 e. The molecular formula is C11H14F2N2O. The van der Waals surface area contributed by atoms with Gasteiger partial charge in [-0.05, 0) is 5.92 Å². The highest BCUT2D eigenvalue weighted by molar-refractivity contribution is 5.45. The van der Waals surface area contributed by atoms with Gasteiger partial charge in [-0.2, -0.15) is 0 Å². The second kappa shape index (κ2) is 3.66. The number of hydrogen-bond donors (Lipinski definition) is 1. The fourth-order valence-electron chi connectivity index (χ4n) is 1.77. The van der Waals surface area contributed by atoms with Gasteiger partial charge in [0.2, 0.25) is 0 Å². The molecule has 1 N–H and O–H groups in total. The summed E-state index contributed by atoms with van der Waals surface area (Å²) in [5.74, 6) is -1.18. The van der Waals surface area contributed by atoms with Crippen molar-refractivity contribution < 1.29 is 13.9 Å². The van der Waals surface area contributed by atoms with Crippen molar-refractivity contribution in [2.24, 2.45) is 5.92 Å². The third kappa shape index (κ3) is 1.75. The first-order valence-electron chi connectivity index (χ1n) is 5.21. The van der Waals surface area contributed by atoms with E-state index in [4.69, 9.17) is 0 Å². The Morgan fingerprint density at radius 3 is 2.56 bits per heavy atom. The molecule has 1 aliphatic heterocycles. The van der Waals surface area contributed by atoms with Crippen LogP contribution >= 0.6 is 0 Å². The topological polar surface area (TPSA) is 36.4 Å². The van der Waals surface area contributed by atoms with Gasteiger partial charge >= 0.3 is 0 Å². The highest BCUT2D eigenvalue weighted by Gasteiger charge is 2.44. The van der Waals surface area contributed by atoms with Gasteiger partial charge in [0, 0.05) is 6.07 Å². The lowest BCUT2D eigenvalue weighted by molar-refractivity contribution is -0.0307. The van der Waals surface area contributed by atoms with Gasteiger partial charge in [-0.25, -0.2) is 13.8 Å². The van der Waals surface area contributed by atoms with Crippen LogP contribution in [0.15, 0.2) is 12.3 Å². The zero-order valence-electron chi connectivity index (χ0n) is 9.24. The third-order valence-electron chi connectivity index (χ3n) is 3.09. The summed E-state index contributed by atoms with van der Waals surface area (Å²) in [6, 6.07) is 0.801. The lowest BCUT2D eigenvalue weighted by Crippen LogP contribution is -2.65. The quantitative estimate of drug-likeness (QED) is 0.834. The second-order valence-corrected chi connectivity index (χ2v) is 4.57. The minimum Gasteiger partial charge on any atom is -0.386 e. The number of β-amino-alcohol motifs (C(OH)–C–C–N with tert-alkyl or cyclic N) is 1. The molecule has 0 aliphatic carbocycles. The lowest BCUT2D eigenvalue weighted by Gasteiger charge is -2.49. The van der Waals surface area contributed by atoms with Crippen molar-refractivity contribution in [3.8, 4) is 0 Å². The van der Waals surface area contributed by atoms with E-state index in [1.54, 1.807) is 4.90 Å². The average Bonchev–Trinajstić information content (AvgIpc) is 2.13. The summed E-state index contributed by atoms with van der Waals surface area (Å²) in [6.45, 7) is 4.48. The van der Waals surface area contributed by atoms with Crippen LogP contribution in [0.3, 0.4) is 0 Å². The van der Waals surface area contributed by atoms with Gasteiger partial charge in [-0.1, -0.05) is 13.8 Å². The molecule has 0 spiro atoms. The molecular weight excluding hydrogens is 214 g/mol. The van der Waals surface area contributed by atoms with Gasteiger partial charge in [0.1, 0.15) is 11.4 Å². The Hall–Kier alpha value is -1.23. The molecule has 0 saturated carbocycles. The first-order valence-corrected chi connectivity index (χ1v) is 5.21. The smallest absolute Gasteiger partial charge is 0.168 e. The molecule has 1 aromatic heterocycles. The van der Waals surface area contributed by atoms with Gasteiger partial charge in [-0.15, -0.1) is 0 Å². The number of aromatic nitrogens is 1. The van der Waals surface area contributed by atoms with Crippen LogP contribution in [0.2, 0.25) is 0 Å². The summed E-state index contributed by atoms with van der Waals surface area (Å²) < 4.78 is 26.0. The van der Waals surface area contributed by atoms with Crippen molar-refractivity contribution in [1.29, 1.82) is 0 Å². The maximum atomic E-state index is 13.3. The molecule has 0 amide bonds. The Balaban J connectivity index is 2.12. The molecule has 0 radical (unpaired) electrons. The Morgan fingerprint density at radius 1 is 1.44 bits per heavy atom. The van der Waals surface area contributed by atoms with Gasteiger partial charge in [-0.3, -0.25) is 0 Å². The monoisotopic (exact) mass is 228 g/mol. The summed E-state index contributed by atoms with van der Waals surface area (Å²) in [6.07, 6.45) is 0.977. The molecule has 3 nitrogen and oxygen atoms in total. The standard InChI is InChI=1S/C11H14F2N2O/c1-7(2)11(16)5-15(6-11)10-9(13)3-8(12)4-14-10/h3-4,7,16H,5-6H2,1-2H3. The minimum absolute atomic E-state index is 0.103. The average molecular weight is 228 g/mol. The fourth-order valence-corrected chi connectivity index (χ4v) is 1.77. The summed E-state index contributed by atoms with van der Waals surface area (Å²) in [5, 5.41) is 10.00. The van der Waals surface area contributed by atoms with Crippen LogP contribution in [-0.4, -0.2) is 28.8 Å². The maximum absolute atomic E-state index is 13.3. The van der Waals surface area contributed by atoms with Crippen LogP contribution in [-0.2, 0) is 0 Å². The Labute approximate surface area is 92.7 Å². The Morgan fingerprint density at radius 2 is 2.06 bits per heavy atom. The van der Waals surface area contributed by atoms with Gasteiger partial charge in [0.25, 0.3) is 0 Å². The number of hydrogen-bond acceptors (Lipinski definition) is 3. The normalized spacial score (nSPS) is 18.8. The molecule has 5 heteroatoms. The summed E-state index contributed by atoms with van der Waals surface area (Å²) in [4.78, 5) is 5.30. The SMILES string of the molecule is CC(C)C1(O)CN(c2ncc(F)cc2F)C1. The predicted octanol–water partition coefficient (Wildman–Crippen LogP) is 1.57. The third-order valence-corrected chi connectivity index (χ3v) is 3.09. The number of anilines is 1. The molecule has 2 rings (SSSR count). The molecule has 1 aromatic rings. The highest BCUT2D eigenvalue weighted by atomic mass is 19.1. The van der Waals surface area contributed by atoms with Crippen LogP contribution < -0.4 is 4.90 Å². The van der Waals surface area contributed by atoms with Crippen LogP contribution in [0, 0.1) is 17.6 Å². The van der Waals surface area contributed by atoms with Crippen LogP contribution in [0.25, 0.3) is 0 Å². The second-order valence-electron chi connectivity index (χ2n) is 4.57. The molecule has 88 valence electrons. The van der Waals surface area contributed by atoms with Gasteiger partial charge < -0.3 is 10.0 Å². The molecule has 0 bridgehead atoms. The van der Waals surface area contributed by atoms with Crippen molar-refractivity contribution in [3.63, 3.8) is 0 Å². The van der Waals surface area contributed by atoms with Crippen LogP contribution in [0.1, 0.15) is 13.8 Å². The minimum atomic E-state index is -0.789. The van der Waals surface area contributed by atoms with E-state index in [9.17, 15) is 13.9 Å². The summed E-state index contributed by atoms with van der Waals surface area (Å²) >= 11 is 0. The molecule has 1 aliphatic rings. The van der Waals surface area contributed by atoms with Crippen molar-refractivity contribution in [3.05, 3.63) is 23.9 Å². The maximum Gasteiger partial charge on any atom is 0.168 e. The number of pyridine rings is 1. The summed E-state index contributed by atoms with van der Waals surface area (Å²) in [7, 11) is 0. The van der Waals surface area contributed by atoms with Crippen molar-refractivity contribution >= 4 is 5.82 Å². The van der Waals surface area contributed by atoms with E-state index in [0.29, 0.717) is 13.1 Å². The Bertz CT molecular complexity index is 403. The van der Waals surface area contributed by atoms with E-state index in [1.807, 2.05) is 13.8 Å². The van der Waals surface area contributed by atoms with Crippen LogP contribution in [0.4, 0.5) is 14.6 Å². The highest BCUT2D eigenvalue weighted by Crippen LogP contribution is 2.32. The van der Waals surface area contributed by atoms with Crippen LogP contribution in [0.5, 0.6) is 0 Å². The molecule has 0 atom stereocenters. The summed E-state index contributed by atoms with van der Waals surface area (Å²) in [5.41, 5.74) is -0.789. The first kappa shape index (κ1) is 11.3. The molecule has 1 fully saturated rings. The van der Waals surface area contributed by atoms with E-state index in [1.165, 1.54) is 0 Å². The molecule has 1 saturated heterocycles. The zero-order valence-corrected chi connectivity index (χ0v) is 9.24. The van der Waals surface area contributed by atoms with E-state index in [-0.39, 0.29) is 11.7 Å². The van der Waals surface area contributed by atoms with Crippen molar-refractivity contribution in [2.75, 3.05) is 18.0 Å². The number of halogens is 2. The number of nitrogens with zero attached hydrogens (tertiary/aromatic N) is 2. The fraction of sp³-hybridized carbons (Fsp3) is 0.545. The number of aliphatic hydroxyl groups is 1. The van der Waals surface area contributed by atoms with E-state index >= 15 is 0 Å². The van der Waals surface area contributed by atoms with Crippen molar-refractivity contribution in [2.45, 2.75) is 19.4 Å². The predicted molar refractivity (Wildman–Crippen MR) is 56.2 cm³/mol.